The van der Waals surface area contributed by atoms with Gasteiger partial charge >= 0.3 is 0 Å². The number of rotatable bonds is 4. The van der Waals surface area contributed by atoms with E-state index in [0.717, 1.165) is 6.42 Å². The van der Waals surface area contributed by atoms with Crippen molar-refractivity contribution in [1.82, 2.24) is 0 Å². The van der Waals surface area contributed by atoms with Gasteiger partial charge in [-0.05, 0) is 45.6 Å². The van der Waals surface area contributed by atoms with E-state index in [2.05, 4.69) is 22.0 Å². The Labute approximate surface area is 106 Å². The molecule has 2 rings (SSSR count). The summed E-state index contributed by atoms with van der Waals surface area (Å²) in [5.74, 6) is 0.412. The minimum atomic E-state index is -0.266. The molecule has 0 aliphatic carbocycles. The van der Waals surface area contributed by atoms with Crippen LogP contribution < -0.4 is 4.74 Å². The molecule has 0 fully saturated rings. The Morgan fingerprint density at radius 3 is 2.88 bits per heavy atom. The van der Waals surface area contributed by atoms with Gasteiger partial charge in [-0.15, -0.1) is 11.3 Å². The molecule has 0 spiro atoms. The van der Waals surface area contributed by atoms with E-state index in [9.17, 15) is 4.39 Å². The minimum Gasteiger partial charge on any atom is -0.492 e. The Balaban J connectivity index is 1.90. The third-order valence-electron chi connectivity index (χ3n) is 2.08. The Morgan fingerprint density at radius 1 is 1.31 bits per heavy atom. The lowest BCUT2D eigenvalue weighted by molar-refractivity contribution is 0.320. The largest absolute Gasteiger partial charge is 0.492 e. The van der Waals surface area contributed by atoms with Crippen molar-refractivity contribution in [3.63, 3.8) is 0 Å². The summed E-state index contributed by atoms with van der Waals surface area (Å²) in [7, 11) is 0. The van der Waals surface area contributed by atoms with Gasteiger partial charge in [-0.25, -0.2) is 4.39 Å². The van der Waals surface area contributed by atoms with Gasteiger partial charge in [-0.2, -0.15) is 0 Å². The van der Waals surface area contributed by atoms with Crippen LogP contribution in [0.3, 0.4) is 0 Å². The Bertz CT molecular complexity index is 456. The van der Waals surface area contributed by atoms with Gasteiger partial charge in [0.25, 0.3) is 0 Å². The average Bonchev–Trinajstić information content (AvgIpc) is 2.74. The van der Waals surface area contributed by atoms with Gasteiger partial charge in [0.15, 0.2) is 0 Å². The van der Waals surface area contributed by atoms with Crippen molar-refractivity contribution < 1.29 is 9.13 Å². The van der Waals surface area contributed by atoms with Crippen molar-refractivity contribution in [2.45, 2.75) is 6.42 Å². The predicted molar refractivity (Wildman–Crippen MR) is 67.6 cm³/mol. The summed E-state index contributed by atoms with van der Waals surface area (Å²) in [6.07, 6.45) is 0.876. The topological polar surface area (TPSA) is 9.23 Å². The van der Waals surface area contributed by atoms with Crippen molar-refractivity contribution in [2.24, 2.45) is 0 Å². The Kier molecular flexibility index (Phi) is 3.96. The van der Waals surface area contributed by atoms with E-state index in [0.29, 0.717) is 16.8 Å². The molecule has 0 radical (unpaired) electrons. The summed E-state index contributed by atoms with van der Waals surface area (Å²) >= 11 is 4.98. The predicted octanol–water partition coefficient (Wildman–Crippen LogP) is 4.27. The summed E-state index contributed by atoms with van der Waals surface area (Å²) in [5, 5.41) is 2.04. The lowest BCUT2D eigenvalue weighted by Gasteiger charge is -2.07. The molecular formula is C12H10BrFOS. The number of hydrogen-bond acceptors (Lipinski definition) is 2. The lowest BCUT2D eigenvalue weighted by atomic mass is 10.3. The van der Waals surface area contributed by atoms with Gasteiger partial charge in [-0.1, -0.05) is 6.07 Å². The molecule has 0 unspecified atom stereocenters. The normalized spacial score (nSPS) is 10.4. The van der Waals surface area contributed by atoms with Crippen LogP contribution >= 0.6 is 27.3 Å². The van der Waals surface area contributed by atoms with E-state index in [-0.39, 0.29) is 5.82 Å². The molecule has 0 aliphatic rings. The Morgan fingerprint density at radius 2 is 2.19 bits per heavy atom. The highest BCUT2D eigenvalue weighted by molar-refractivity contribution is 9.10. The fourth-order valence-electron chi connectivity index (χ4n) is 1.31. The maximum Gasteiger partial charge on any atom is 0.133 e. The zero-order valence-electron chi connectivity index (χ0n) is 8.45. The Hall–Kier alpha value is -0.870. The summed E-state index contributed by atoms with van der Waals surface area (Å²) in [4.78, 5) is 1.29. The summed E-state index contributed by atoms with van der Waals surface area (Å²) in [6.45, 7) is 0.602. The number of halogens is 2. The average molecular weight is 301 g/mol. The maximum atomic E-state index is 12.8. The summed E-state index contributed by atoms with van der Waals surface area (Å²) in [6, 6.07) is 8.53. The molecule has 1 heterocycles. The van der Waals surface area contributed by atoms with Crippen molar-refractivity contribution in [2.75, 3.05) is 6.61 Å². The van der Waals surface area contributed by atoms with Crippen LogP contribution in [-0.4, -0.2) is 6.61 Å². The quantitative estimate of drug-likeness (QED) is 0.819. The smallest absolute Gasteiger partial charge is 0.133 e. The van der Waals surface area contributed by atoms with Gasteiger partial charge in [0.05, 0.1) is 11.1 Å². The first-order valence-electron chi connectivity index (χ1n) is 4.86. The van der Waals surface area contributed by atoms with Crippen LogP contribution in [0.2, 0.25) is 0 Å². The van der Waals surface area contributed by atoms with E-state index < -0.39 is 0 Å². The number of hydrogen-bond donors (Lipinski definition) is 0. The van der Waals surface area contributed by atoms with E-state index >= 15 is 0 Å². The highest BCUT2D eigenvalue weighted by atomic mass is 79.9. The number of thiophene rings is 1. The molecular weight excluding hydrogens is 291 g/mol. The SMILES string of the molecule is Fc1ccc(OCCc2cccs2)c(Br)c1. The van der Waals surface area contributed by atoms with Gasteiger partial charge in [0.2, 0.25) is 0 Å². The minimum absolute atomic E-state index is 0.266. The van der Waals surface area contributed by atoms with Crippen LogP contribution in [0, 0.1) is 5.82 Å². The third kappa shape index (κ3) is 3.06. The molecule has 2 aromatic rings. The van der Waals surface area contributed by atoms with Crippen molar-refractivity contribution in [3.05, 3.63) is 50.9 Å². The first-order valence-corrected chi connectivity index (χ1v) is 6.53. The van der Waals surface area contributed by atoms with Crippen LogP contribution in [0.15, 0.2) is 40.2 Å². The first kappa shape index (κ1) is 11.6. The highest BCUT2D eigenvalue weighted by Crippen LogP contribution is 2.25. The maximum absolute atomic E-state index is 12.8. The second-order valence-corrected chi connectivity index (χ2v) is 5.14. The number of benzene rings is 1. The second kappa shape index (κ2) is 5.46. The van der Waals surface area contributed by atoms with Gasteiger partial charge in [0, 0.05) is 11.3 Å². The van der Waals surface area contributed by atoms with Crippen molar-refractivity contribution in [1.29, 1.82) is 0 Å². The first-order chi connectivity index (χ1) is 7.75. The molecule has 1 aromatic carbocycles. The van der Waals surface area contributed by atoms with E-state index in [1.54, 1.807) is 17.4 Å². The molecule has 16 heavy (non-hydrogen) atoms. The zero-order chi connectivity index (χ0) is 11.4. The molecule has 1 nitrogen and oxygen atoms in total. The molecule has 1 aromatic heterocycles. The molecule has 84 valence electrons. The second-order valence-electron chi connectivity index (χ2n) is 3.25. The third-order valence-corrected chi connectivity index (χ3v) is 3.64. The molecule has 4 heteroatoms. The fraction of sp³-hybridized carbons (Fsp3) is 0.167. The van der Waals surface area contributed by atoms with E-state index in [1.165, 1.54) is 17.0 Å². The van der Waals surface area contributed by atoms with Crippen LogP contribution in [0.25, 0.3) is 0 Å². The van der Waals surface area contributed by atoms with E-state index in [4.69, 9.17) is 4.74 Å². The monoisotopic (exact) mass is 300 g/mol. The molecule has 0 N–H and O–H groups in total. The van der Waals surface area contributed by atoms with Crippen molar-refractivity contribution in [3.8, 4) is 5.75 Å². The fourth-order valence-corrected chi connectivity index (χ4v) is 2.46. The molecule has 0 bridgehead atoms. The molecule has 0 aliphatic heterocycles. The molecule has 0 atom stereocenters. The van der Waals surface area contributed by atoms with Crippen LogP contribution in [0.5, 0.6) is 5.75 Å². The summed E-state index contributed by atoms with van der Waals surface area (Å²) < 4.78 is 19.0. The van der Waals surface area contributed by atoms with Crippen LogP contribution in [0.4, 0.5) is 4.39 Å². The molecule has 0 saturated carbocycles. The number of ether oxygens (including phenoxy) is 1. The molecule has 0 saturated heterocycles. The van der Waals surface area contributed by atoms with Crippen LogP contribution in [-0.2, 0) is 6.42 Å². The van der Waals surface area contributed by atoms with Gasteiger partial charge < -0.3 is 4.74 Å². The standard InChI is InChI=1S/C12H10BrFOS/c13-11-8-9(14)3-4-12(11)15-6-5-10-2-1-7-16-10/h1-4,7-8H,5-6H2. The highest BCUT2D eigenvalue weighted by Gasteiger charge is 2.02. The zero-order valence-corrected chi connectivity index (χ0v) is 10.9. The van der Waals surface area contributed by atoms with E-state index in [1.807, 2.05) is 11.4 Å². The lowest BCUT2D eigenvalue weighted by Crippen LogP contribution is -2.00. The summed E-state index contributed by atoms with van der Waals surface area (Å²) in [5.41, 5.74) is 0. The van der Waals surface area contributed by atoms with Gasteiger partial charge in [-0.3, -0.25) is 0 Å². The van der Waals surface area contributed by atoms with Gasteiger partial charge in [0.1, 0.15) is 11.6 Å². The van der Waals surface area contributed by atoms with Crippen molar-refractivity contribution >= 4 is 27.3 Å². The van der Waals surface area contributed by atoms with Crippen LogP contribution in [0.1, 0.15) is 4.88 Å². The molecule has 0 amide bonds.